The van der Waals surface area contributed by atoms with Gasteiger partial charge in [0.25, 0.3) is 5.91 Å². The summed E-state index contributed by atoms with van der Waals surface area (Å²) in [6.45, 7) is 10.2. The molecule has 2 rings (SSSR count). The summed E-state index contributed by atoms with van der Waals surface area (Å²) in [4.78, 5) is 29.2. The highest BCUT2D eigenvalue weighted by Crippen LogP contribution is 2.22. The summed E-state index contributed by atoms with van der Waals surface area (Å²) in [5.41, 5.74) is 2.65. The van der Waals surface area contributed by atoms with E-state index in [-0.39, 0.29) is 23.8 Å². The van der Waals surface area contributed by atoms with Crippen LogP contribution in [0.1, 0.15) is 52.9 Å². The van der Waals surface area contributed by atoms with Crippen molar-refractivity contribution in [1.82, 2.24) is 9.88 Å². The molecule has 1 saturated heterocycles. The van der Waals surface area contributed by atoms with Crippen molar-refractivity contribution in [3.05, 3.63) is 22.5 Å². The maximum atomic E-state index is 12.7. The van der Waals surface area contributed by atoms with E-state index >= 15 is 0 Å². The van der Waals surface area contributed by atoms with Gasteiger partial charge in [-0.15, -0.1) is 0 Å². The number of nitrogens with one attached hydrogen (secondary N) is 1. The molecule has 1 N–H and O–H groups in total. The molecule has 0 saturated carbocycles. The fourth-order valence-corrected chi connectivity index (χ4v) is 2.82. The van der Waals surface area contributed by atoms with Crippen LogP contribution in [0.2, 0.25) is 0 Å². The number of rotatable bonds is 2. The minimum atomic E-state index is -0.0549. The Morgan fingerprint density at radius 3 is 2.50 bits per heavy atom. The minimum absolute atomic E-state index is 0.0151. The highest BCUT2D eigenvalue weighted by molar-refractivity contribution is 6.02. The van der Waals surface area contributed by atoms with Gasteiger partial charge in [0.2, 0.25) is 0 Å². The maximum absolute atomic E-state index is 12.7. The Balaban J connectivity index is 2.34. The van der Waals surface area contributed by atoms with Crippen LogP contribution < -0.4 is 0 Å². The summed E-state index contributed by atoms with van der Waals surface area (Å²) in [5, 5.41) is 0. The number of aromatic nitrogens is 1. The number of carbonyl (C=O) groups excluding carboxylic acids is 2. The third kappa shape index (κ3) is 2.50. The lowest BCUT2D eigenvalue weighted by molar-refractivity contribution is -0.0389. The topological polar surface area (TPSA) is 62.4 Å². The molecule has 1 aliphatic rings. The Hall–Kier alpha value is -1.62. The zero-order valence-corrected chi connectivity index (χ0v) is 12.7. The van der Waals surface area contributed by atoms with E-state index in [4.69, 9.17) is 4.74 Å². The quantitative estimate of drug-likeness (QED) is 0.842. The van der Waals surface area contributed by atoms with Crippen LogP contribution in [0, 0.1) is 13.8 Å². The van der Waals surface area contributed by atoms with Crippen molar-refractivity contribution < 1.29 is 14.3 Å². The fourth-order valence-electron chi connectivity index (χ4n) is 2.82. The average molecular weight is 278 g/mol. The molecule has 1 aliphatic heterocycles. The van der Waals surface area contributed by atoms with Crippen LogP contribution in [0.15, 0.2) is 0 Å². The second kappa shape index (κ2) is 5.40. The van der Waals surface area contributed by atoms with Crippen LogP contribution >= 0.6 is 0 Å². The molecule has 0 radical (unpaired) electrons. The first-order valence-electron chi connectivity index (χ1n) is 6.95. The van der Waals surface area contributed by atoms with Crippen LogP contribution in [0.3, 0.4) is 0 Å². The third-order valence-corrected chi connectivity index (χ3v) is 3.87. The molecule has 0 aliphatic carbocycles. The highest BCUT2D eigenvalue weighted by atomic mass is 16.5. The molecule has 2 atom stereocenters. The van der Waals surface area contributed by atoms with Crippen molar-refractivity contribution in [3.63, 3.8) is 0 Å². The second-order valence-electron chi connectivity index (χ2n) is 5.63. The van der Waals surface area contributed by atoms with E-state index in [0.29, 0.717) is 24.4 Å². The van der Waals surface area contributed by atoms with Gasteiger partial charge in [-0.1, -0.05) is 0 Å². The monoisotopic (exact) mass is 278 g/mol. The normalized spacial score (nSPS) is 22.9. The second-order valence-corrected chi connectivity index (χ2v) is 5.63. The molecule has 2 heterocycles. The van der Waals surface area contributed by atoms with Crippen LogP contribution in [0.25, 0.3) is 0 Å². The SMILES string of the molecule is CC(=O)c1c(C)[nH]c(C(=O)N2CC(C)OCC2C)c1C. The largest absolute Gasteiger partial charge is 0.375 e. The van der Waals surface area contributed by atoms with E-state index in [1.807, 2.05) is 32.6 Å². The molecule has 1 fully saturated rings. The van der Waals surface area contributed by atoms with Gasteiger partial charge in [0.15, 0.2) is 5.78 Å². The Morgan fingerprint density at radius 2 is 1.95 bits per heavy atom. The first-order chi connectivity index (χ1) is 9.32. The van der Waals surface area contributed by atoms with Gasteiger partial charge in [-0.05, 0) is 40.2 Å². The predicted molar refractivity (Wildman–Crippen MR) is 76.2 cm³/mol. The van der Waals surface area contributed by atoms with Gasteiger partial charge in [-0.2, -0.15) is 0 Å². The molecule has 0 spiro atoms. The van der Waals surface area contributed by atoms with Crippen LogP contribution in [-0.4, -0.2) is 46.9 Å². The molecule has 5 nitrogen and oxygen atoms in total. The Bertz CT molecular complexity index is 548. The predicted octanol–water partition coefficient (Wildman–Crippen LogP) is 2.08. The number of ether oxygens (including phenoxy) is 1. The van der Waals surface area contributed by atoms with Gasteiger partial charge in [0, 0.05) is 17.8 Å². The Kier molecular flexibility index (Phi) is 3.99. The number of hydrogen-bond donors (Lipinski definition) is 1. The zero-order valence-electron chi connectivity index (χ0n) is 12.7. The number of aryl methyl sites for hydroxylation is 1. The number of Topliss-reactive ketones (excluding diaryl/α,β-unsaturated/α-hetero) is 1. The number of H-pyrrole nitrogens is 1. The third-order valence-electron chi connectivity index (χ3n) is 3.87. The van der Waals surface area contributed by atoms with Crippen LogP contribution in [0.5, 0.6) is 0 Å². The van der Waals surface area contributed by atoms with Crippen molar-refractivity contribution in [3.8, 4) is 0 Å². The molecule has 110 valence electrons. The lowest BCUT2D eigenvalue weighted by Crippen LogP contribution is -2.50. The molecule has 1 amide bonds. The molecule has 0 bridgehead atoms. The van der Waals surface area contributed by atoms with Gasteiger partial charge < -0.3 is 14.6 Å². The standard InChI is InChI=1S/C15H22N2O3/c1-8-7-20-9(2)6-17(8)15(19)14-10(3)13(12(5)18)11(4)16-14/h8-9,16H,6-7H2,1-5H3. The maximum Gasteiger partial charge on any atom is 0.270 e. The van der Waals surface area contributed by atoms with E-state index in [0.717, 1.165) is 11.3 Å². The number of nitrogens with zero attached hydrogens (tertiary/aromatic N) is 1. The summed E-state index contributed by atoms with van der Waals surface area (Å²) >= 11 is 0. The molecule has 20 heavy (non-hydrogen) atoms. The van der Waals surface area contributed by atoms with Gasteiger partial charge >= 0.3 is 0 Å². The molecular weight excluding hydrogens is 256 g/mol. The van der Waals surface area contributed by atoms with Crippen molar-refractivity contribution in [2.75, 3.05) is 13.2 Å². The summed E-state index contributed by atoms with van der Waals surface area (Å²) < 4.78 is 5.55. The molecular formula is C15H22N2O3. The summed E-state index contributed by atoms with van der Waals surface area (Å²) in [6.07, 6.45) is 0.0405. The number of hydrogen-bond acceptors (Lipinski definition) is 3. The Morgan fingerprint density at radius 1 is 1.30 bits per heavy atom. The lowest BCUT2D eigenvalue weighted by Gasteiger charge is -2.36. The van der Waals surface area contributed by atoms with Crippen molar-refractivity contribution >= 4 is 11.7 Å². The van der Waals surface area contributed by atoms with Crippen LogP contribution in [0.4, 0.5) is 0 Å². The highest BCUT2D eigenvalue weighted by Gasteiger charge is 2.31. The lowest BCUT2D eigenvalue weighted by atomic mass is 10.1. The van der Waals surface area contributed by atoms with Crippen molar-refractivity contribution in [1.29, 1.82) is 0 Å². The van der Waals surface area contributed by atoms with Gasteiger partial charge in [0.1, 0.15) is 5.69 Å². The first-order valence-corrected chi connectivity index (χ1v) is 6.95. The zero-order chi connectivity index (χ0) is 15.0. The van der Waals surface area contributed by atoms with Crippen LogP contribution in [-0.2, 0) is 4.74 Å². The number of amides is 1. The number of carbonyl (C=O) groups is 2. The molecule has 0 aromatic carbocycles. The first kappa shape index (κ1) is 14.8. The minimum Gasteiger partial charge on any atom is -0.375 e. The fraction of sp³-hybridized carbons (Fsp3) is 0.600. The van der Waals surface area contributed by atoms with Gasteiger partial charge in [-0.3, -0.25) is 9.59 Å². The summed E-state index contributed by atoms with van der Waals surface area (Å²) in [7, 11) is 0. The van der Waals surface area contributed by atoms with E-state index in [1.54, 1.807) is 0 Å². The summed E-state index contributed by atoms with van der Waals surface area (Å²) in [5.74, 6) is -0.0700. The Labute approximate surface area is 119 Å². The molecule has 5 heteroatoms. The van der Waals surface area contributed by atoms with Crippen molar-refractivity contribution in [2.24, 2.45) is 0 Å². The number of morpholine rings is 1. The number of aromatic amines is 1. The van der Waals surface area contributed by atoms with Gasteiger partial charge in [-0.25, -0.2) is 0 Å². The number of ketones is 1. The molecule has 2 unspecified atom stereocenters. The molecule has 1 aromatic rings. The molecule has 1 aromatic heterocycles. The van der Waals surface area contributed by atoms with Gasteiger partial charge in [0.05, 0.1) is 18.8 Å². The van der Waals surface area contributed by atoms with E-state index < -0.39 is 0 Å². The smallest absolute Gasteiger partial charge is 0.270 e. The van der Waals surface area contributed by atoms with E-state index in [9.17, 15) is 9.59 Å². The van der Waals surface area contributed by atoms with Crippen molar-refractivity contribution in [2.45, 2.75) is 46.8 Å². The van der Waals surface area contributed by atoms with E-state index in [1.165, 1.54) is 6.92 Å². The average Bonchev–Trinajstić information content (AvgIpc) is 2.67. The summed E-state index contributed by atoms with van der Waals surface area (Å²) in [6, 6.07) is 0.0440. The van der Waals surface area contributed by atoms with E-state index in [2.05, 4.69) is 4.98 Å².